The molecule has 2 aromatic rings. The highest BCUT2D eigenvalue weighted by Gasteiger charge is 2.32. The minimum atomic E-state index is -0.195. The number of nitrogens with zero attached hydrogens (tertiary/aromatic N) is 5. The number of rotatable bonds is 4. The Labute approximate surface area is 179 Å². The van der Waals surface area contributed by atoms with Crippen molar-refractivity contribution in [2.75, 3.05) is 51.3 Å². The maximum atomic E-state index is 13.1. The van der Waals surface area contributed by atoms with Crippen molar-refractivity contribution in [3.8, 4) is 0 Å². The summed E-state index contributed by atoms with van der Waals surface area (Å²) in [5.41, 5.74) is 1.90. The number of carbonyl (C=O) groups is 2. The molecule has 1 atom stereocenters. The molecular formula is C20H26N6O3S. The van der Waals surface area contributed by atoms with Crippen LogP contribution in [0.25, 0.3) is 0 Å². The van der Waals surface area contributed by atoms with Gasteiger partial charge >= 0.3 is 0 Å². The van der Waals surface area contributed by atoms with Crippen molar-refractivity contribution < 1.29 is 14.3 Å². The second-order valence-electron chi connectivity index (χ2n) is 7.55. The van der Waals surface area contributed by atoms with Crippen LogP contribution in [0, 0.1) is 13.8 Å². The molecule has 4 heterocycles. The molecular weight excluding hydrogens is 404 g/mol. The highest BCUT2D eigenvalue weighted by atomic mass is 32.1. The minimum absolute atomic E-state index is 0.0192. The highest BCUT2D eigenvalue weighted by Crippen LogP contribution is 2.31. The van der Waals surface area contributed by atoms with E-state index < -0.39 is 0 Å². The van der Waals surface area contributed by atoms with Gasteiger partial charge in [0, 0.05) is 45.3 Å². The van der Waals surface area contributed by atoms with Crippen molar-refractivity contribution in [3.05, 3.63) is 33.8 Å². The van der Waals surface area contributed by atoms with E-state index in [-0.39, 0.29) is 17.7 Å². The minimum Gasteiger partial charge on any atom is -0.378 e. The lowest BCUT2D eigenvalue weighted by Crippen LogP contribution is -2.36. The molecule has 2 aliphatic heterocycles. The summed E-state index contributed by atoms with van der Waals surface area (Å²) in [4.78, 5) is 43.3. The quantitative estimate of drug-likeness (QED) is 0.782. The van der Waals surface area contributed by atoms with E-state index in [1.54, 1.807) is 13.2 Å². The van der Waals surface area contributed by atoms with E-state index in [0.717, 1.165) is 30.3 Å². The van der Waals surface area contributed by atoms with Gasteiger partial charge in [-0.25, -0.2) is 15.0 Å². The number of nitrogens with one attached hydrogen (secondary N) is 1. The van der Waals surface area contributed by atoms with Gasteiger partial charge in [-0.2, -0.15) is 0 Å². The Morgan fingerprint density at radius 1 is 1.17 bits per heavy atom. The third-order valence-corrected chi connectivity index (χ3v) is 6.78. The standard InChI is InChI=1S/C20H26N6O3S/c1-12-15(18(27)21-3)10-22-17(23-12)14-4-5-26(11-14)19(28)16-13(2)24-20(30-16)25-6-8-29-9-7-25/h10,14H,4-9,11H2,1-3H3,(H,21,27). The number of carbonyl (C=O) groups excluding carboxylic acids is 2. The van der Waals surface area contributed by atoms with Gasteiger partial charge in [-0.15, -0.1) is 0 Å². The lowest BCUT2D eigenvalue weighted by molar-refractivity contribution is 0.0794. The van der Waals surface area contributed by atoms with E-state index in [0.29, 0.717) is 48.3 Å². The lowest BCUT2D eigenvalue weighted by atomic mass is 10.1. The molecule has 0 aromatic carbocycles. The van der Waals surface area contributed by atoms with Crippen molar-refractivity contribution in [3.63, 3.8) is 0 Å². The third-order valence-electron chi connectivity index (χ3n) is 5.57. The van der Waals surface area contributed by atoms with Crippen LogP contribution in [0.3, 0.4) is 0 Å². The maximum Gasteiger partial charge on any atom is 0.265 e. The van der Waals surface area contributed by atoms with Crippen molar-refractivity contribution in [1.29, 1.82) is 0 Å². The number of amides is 2. The van der Waals surface area contributed by atoms with E-state index in [4.69, 9.17) is 4.74 Å². The Bertz CT molecular complexity index is 956. The number of aromatic nitrogens is 3. The molecule has 2 saturated heterocycles. The van der Waals surface area contributed by atoms with Crippen molar-refractivity contribution in [1.82, 2.24) is 25.2 Å². The van der Waals surface area contributed by atoms with Crippen LogP contribution < -0.4 is 10.2 Å². The number of anilines is 1. The first-order chi connectivity index (χ1) is 14.5. The number of aryl methyl sites for hydroxylation is 2. The lowest BCUT2D eigenvalue weighted by Gasteiger charge is -2.26. The van der Waals surface area contributed by atoms with Crippen LogP contribution in [0.5, 0.6) is 0 Å². The zero-order valence-electron chi connectivity index (χ0n) is 17.5. The summed E-state index contributed by atoms with van der Waals surface area (Å²) in [6.45, 7) is 7.91. The normalized spacial score (nSPS) is 19.2. The Kier molecular flexibility index (Phi) is 5.96. The van der Waals surface area contributed by atoms with Gasteiger partial charge in [0.05, 0.1) is 30.2 Å². The van der Waals surface area contributed by atoms with Crippen LogP contribution in [0.1, 0.15) is 49.6 Å². The Morgan fingerprint density at radius 2 is 1.93 bits per heavy atom. The summed E-state index contributed by atoms with van der Waals surface area (Å²) in [7, 11) is 1.59. The smallest absolute Gasteiger partial charge is 0.265 e. The number of morpholine rings is 1. The second kappa shape index (κ2) is 8.65. The van der Waals surface area contributed by atoms with Crippen molar-refractivity contribution in [2.45, 2.75) is 26.2 Å². The van der Waals surface area contributed by atoms with Crippen molar-refractivity contribution in [2.24, 2.45) is 0 Å². The molecule has 0 spiro atoms. The fraction of sp³-hybridized carbons (Fsp3) is 0.550. The van der Waals surface area contributed by atoms with Crippen LogP contribution in [0.15, 0.2) is 6.20 Å². The molecule has 30 heavy (non-hydrogen) atoms. The van der Waals surface area contributed by atoms with Gasteiger partial charge in [0.15, 0.2) is 5.13 Å². The topological polar surface area (TPSA) is 101 Å². The molecule has 10 heteroatoms. The van der Waals surface area contributed by atoms with Gasteiger partial charge in [0.2, 0.25) is 0 Å². The zero-order valence-corrected chi connectivity index (χ0v) is 18.3. The molecule has 0 saturated carbocycles. The zero-order chi connectivity index (χ0) is 21.3. The predicted octanol–water partition coefficient (Wildman–Crippen LogP) is 1.38. The number of ether oxygens (including phenoxy) is 1. The molecule has 2 aliphatic rings. The molecule has 2 amide bonds. The summed E-state index contributed by atoms with van der Waals surface area (Å²) < 4.78 is 5.40. The summed E-state index contributed by atoms with van der Waals surface area (Å²) in [5, 5.41) is 3.48. The van der Waals surface area contributed by atoms with Gasteiger partial charge in [-0.3, -0.25) is 9.59 Å². The molecule has 1 N–H and O–H groups in total. The van der Waals surface area contributed by atoms with Crippen molar-refractivity contribution >= 4 is 28.3 Å². The Balaban J connectivity index is 1.45. The largest absolute Gasteiger partial charge is 0.378 e. The maximum absolute atomic E-state index is 13.1. The molecule has 4 rings (SSSR count). The van der Waals surface area contributed by atoms with Crippen LogP contribution in [0.2, 0.25) is 0 Å². The van der Waals surface area contributed by atoms with Gasteiger partial charge in [0.1, 0.15) is 10.7 Å². The second-order valence-corrected chi connectivity index (χ2v) is 8.53. The first-order valence-corrected chi connectivity index (χ1v) is 10.9. The van der Waals surface area contributed by atoms with Gasteiger partial charge < -0.3 is 19.9 Å². The Hall–Kier alpha value is -2.59. The predicted molar refractivity (Wildman–Crippen MR) is 113 cm³/mol. The van der Waals surface area contributed by atoms with E-state index in [9.17, 15) is 9.59 Å². The number of likely N-dealkylation sites (tertiary alicyclic amines) is 1. The molecule has 9 nitrogen and oxygen atoms in total. The fourth-order valence-corrected chi connectivity index (χ4v) is 4.90. The van der Waals surface area contributed by atoms with Gasteiger partial charge in [-0.1, -0.05) is 11.3 Å². The summed E-state index contributed by atoms with van der Waals surface area (Å²) >= 11 is 1.46. The summed E-state index contributed by atoms with van der Waals surface area (Å²) in [5.74, 6) is 0.577. The number of thiazole rings is 1. The van der Waals surface area contributed by atoms with E-state index in [1.807, 2.05) is 18.7 Å². The Morgan fingerprint density at radius 3 is 2.63 bits per heavy atom. The van der Waals surface area contributed by atoms with Crippen LogP contribution in [-0.2, 0) is 4.74 Å². The average molecular weight is 431 g/mol. The highest BCUT2D eigenvalue weighted by molar-refractivity contribution is 7.17. The van der Waals surface area contributed by atoms with Crippen LogP contribution in [-0.4, -0.2) is 78.1 Å². The van der Waals surface area contributed by atoms with Crippen LogP contribution in [0.4, 0.5) is 5.13 Å². The molecule has 2 fully saturated rings. The van der Waals surface area contributed by atoms with E-state index >= 15 is 0 Å². The third kappa shape index (κ3) is 4.01. The molecule has 0 radical (unpaired) electrons. The molecule has 2 aromatic heterocycles. The first-order valence-electron chi connectivity index (χ1n) is 10.1. The molecule has 0 bridgehead atoms. The van der Waals surface area contributed by atoms with E-state index in [2.05, 4.69) is 25.2 Å². The summed E-state index contributed by atoms with van der Waals surface area (Å²) in [6, 6.07) is 0. The SMILES string of the molecule is CNC(=O)c1cnc(C2CCN(C(=O)c3sc(N4CCOCC4)nc3C)C2)nc1C. The molecule has 1 unspecified atom stereocenters. The fourth-order valence-electron chi connectivity index (χ4n) is 3.81. The summed E-state index contributed by atoms with van der Waals surface area (Å²) in [6.07, 6.45) is 2.38. The first kappa shape index (κ1) is 20.7. The van der Waals surface area contributed by atoms with Crippen LogP contribution >= 0.6 is 11.3 Å². The average Bonchev–Trinajstić information content (AvgIpc) is 3.40. The number of hydrogen-bond donors (Lipinski definition) is 1. The van der Waals surface area contributed by atoms with Gasteiger partial charge in [-0.05, 0) is 20.3 Å². The van der Waals surface area contributed by atoms with E-state index in [1.165, 1.54) is 11.3 Å². The monoisotopic (exact) mass is 430 g/mol. The molecule has 160 valence electrons. The number of hydrogen-bond acceptors (Lipinski definition) is 8. The molecule has 0 aliphatic carbocycles. The van der Waals surface area contributed by atoms with Gasteiger partial charge in [0.25, 0.3) is 11.8 Å².